The second kappa shape index (κ2) is 9.98. The number of thioether (sulfide) groups is 1. The SMILES string of the molecule is CC(=O)Oc1ccc([C@@H]2Sc3ccccc3N(CCN(C)C)C(=O)[C@@H]2OC(C)=O)cc1. The fraction of sp³-hybridized carbons (Fsp3) is 0.348. The van der Waals surface area contributed by atoms with Gasteiger partial charge in [-0.2, -0.15) is 0 Å². The number of rotatable bonds is 6. The number of nitrogens with zero attached hydrogens (tertiary/aromatic N) is 2. The molecule has 0 saturated carbocycles. The third kappa shape index (κ3) is 5.65. The maximum absolute atomic E-state index is 13.6. The number of benzene rings is 2. The molecular formula is C23H26N2O5S. The van der Waals surface area contributed by atoms with E-state index in [2.05, 4.69) is 0 Å². The highest BCUT2D eigenvalue weighted by Gasteiger charge is 2.40. The first-order valence-corrected chi connectivity index (χ1v) is 10.8. The van der Waals surface area contributed by atoms with Gasteiger partial charge in [-0.25, -0.2) is 0 Å². The summed E-state index contributed by atoms with van der Waals surface area (Å²) in [5.74, 6) is -0.768. The summed E-state index contributed by atoms with van der Waals surface area (Å²) in [7, 11) is 3.89. The van der Waals surface area contributed by atoms with Crippen molar-refractivity contribution < 1.29 is 23.9 Å². The molecule has 0 bridgehead atoms. The maximum atomic E-state index is 13.6. The number of likely N-dealkylation sites (N-methyl/N-ethyl adjacent to an activating group) is 1. The zero-order chi connectivity index (χ0) is 22.5. The van der Waals surface area contributed by atoms with E-state index in [1.54, 1.807) is 29.2 Å². The Hall–Kier alpha value is -2.84. The highest BCUT2D eigenvalue weighted by molar-refractivity contribution is 7.99. The van der Waals surface area contributed by atoms with Crippen molar-refractivity contribution in [2.75, 3.05) is 32.1 Å². The van der Waals surface area contributed by atoms with E-state index in [1.807, 2.05) is 43.3 Å². The fourth-order valence-corrected chi connectivity index (χ4v) is 4.65. The quantitative estimate of drug-likeness (QED) is 0.502. The second-order valence-electron chi connectivity index (χ2n) is 7.49. The first-order chi connectivity index (χ1) is 14.8. The summed E-state index contributed by atoms with van der Waals surface area (Å²) in [5, 5.41) is -0.451. The number of hydrogen-bond donors (Lipinski definition) is 0. The van der Waals surface area contributed by atoms with Gasteiger partial charge in [-0.1, -0.05) is 24.3 Å². The fourth-order valence-electron chi connectivity index (χ4n) is 3.34. The molecule has 2 aromatic carbocycles. The van der Waals surface area contributed by atoms with Crippen molar-refractivity contribution in [3.63, 3.8) is 0 Å². The molecule has 1 heterocycles. The first-order valence-electron chi connectivity index (χ1n) is 9.93. The lowest BCUT2D eigenvalue weighted by Gasteiger charge is -2.28. The lowest BCUT2D eigenvalue weighted by Crippen LogP contribution is -2.45. The average molecular weight is 443 g/mol. The first kappa shape index (κ1) is 22.8. The Balaban J connectivity index is 2.03. The standard InChI is InChI=1S/C23H26N2O5S/c1-15(26)29-18-11-9-17(10-12-18)22-21(30-16(2)27)23(28)25(14-13-24(3)4)19-7-5-6-8-20(19)31-22/h5-12,21-22H,13-14H2,1-4H3/t21-,22+/m1/s1. The zero-order valence-electron chi connectivity index (χ0n) is 18.0. The van der Waals surface area contributed by atoms with Gasteiger partial charge in [0.05, 0.1) is 10.9 Å². The van der Waals surface area contributed by atoms with Gasteiger partial charge in [-0.05, 0) is 43.9 Å². The molecule has 1 amide bonds. The molecular weight excluding hydrogens is 416 g/mol. The van der Waals surface area contributed by atoms with E-state index < -0.39 is 23.3 Å². The highest BCUT2D eigenvalue weighted by atomic mass is 32.2. The van der Waals surface area contributed by atoms with Crippen LogP contribution in [0.3, 0.4) is 0 Å². The van der Waals surface area contributed by atoms with Crippen molar-refractivity contribution >= 4 is 35.3 Å². The van der Waals surface area contributed by atoms with Gasteiger partial charge >= 0.3 is 11.9 Å². The average Bonchev–Trinajstić information content (AvgIpc) is 2.81. The van der Waals surface area contributed by atoms with Gasteiger partial charge in [0, 0.05) is 31.8 Å². The van der Waals surface area contributed by atoms with Crippen LogP contribution in [0.4, 0.5) is 5.69 Å². The molecule has 31 heavy (non-hydrogen) atoms. The van der Waals surface area contributed by atoms with Crippen LogP contribution in [0.1, 0.15) is 24.7 Å². The minimum absolute atomic E-state index is 0.261. The molecule has 0 fully saturated rings. The van der Waals surface area contributed by atoms with E-state index in [0.29, 0.717) is 18.8 Å². The topological polar surface area (TPSA) is 76.2 Å². The Morgan fingerprint density at radius 1 is 1.03 bits per heavy atom. The van der Waals surface area contributed by atoms with E-state index in [1.165, 1.54) is 25.6 Å². The van der Waals surface area contributed by atoms with Crippen molar-refractivity contribution in [2.45, 2.75) is 30.1 Å². The molecule has 0 N–H and O–H groups in total. The predicted octanol–water partition coefficient (Wildman–Crippen LogP) is 3.29. The van der Waals surface area contributed by atoms with Crippen molar-refractivity contribution in [2.24, 2.45) is 0 Å². The van der Waals surface area contributed by atoms with E-state index in [4.69, 9.17) is 9.47 Å². The second-order valence-corrected chi connectivity index (χ2v) is 8.68. The van der Waals surface area contributed by atoms with Crippen LogP contribution < -0.4 is 9.64 Å². The molecule has 0 radical (unpaired) electrons. The molecule has 1 aliphatic heterocycles. The summed E-state index contributed by atoms with van der Waals surface area (Å²) >= 11 is 1.48. The smallest absolute Gasteiger partial charge is 0.308 e. The molecule has 0 aliphatic carbocycles. The molecule has 0 spiro atoms. The molecule has 0 saturated heterocycles. The summed E-state index contributed by atoms with van der Waals surface area (Å²) < 4.78 is 10.7. The monoisotopic (exact) mass is 442 g/mol. The van der Waals surface area contributed by atoms with E-state index in [9.17, 15) is 14.4 Å². The predicted molar refractivity (Wildman–Crippen MR) is 119 cm³/mol. The molecule has 0 unspecified atom stereocenters. The van der Waals surface area contributed by atoms with Crippen molar-refractivity contribution in [3.05, 3.63) is 54.1 Å². The van der Waals surface area contributed by atoms with Crippen LogP contribution in [0.2, 0.25) is 0 Å². The third-order valence-corrected chi connectivity index (χ3v) is 6.10. The highest BCUT2D eigenvalue weighted by Crippen LogP contribution is 2.46. The van der Waals surface area contributed by atoms with Crippen LogP contribution in [0.5, 0.6) is 5.75 Å². The minimum Gasteiger partial charge on any atom is -0.451 e. The molecule has 164 valence electrons. The zero-order valence-corrected chi connectivity index (χ0v) is 18.8. The number of para-hydroxylation sites is 1. The van der Waals surface area contributed by atoms with Crippen molar-refractivity contribution in [1.29, 1.82) is 0 Å². The number of carbonyl (C=O) groups is 3. The Labute approximate surface area is 186 Å². The van der Waals surface area contributed by atoms with Crippen LogP contribution in [0.15, 0.2) is 53.4 Å². The van der Waals surface area contributed by atoms with Crippen LogP contribution in [-0.2, 0) is 19.1 Å². The molecule has 2 aromatic rings. The molecule has 8 heteroatoms. The van der Waals surface area contributed by atoms with Crippen LogP contribution in [0, 0.1) is 0 Å². The Morgan fingerprint density at radius 3 is 2.32 bits per heavy atom. The van der Waals surface area contributed by atoms with Crippen molar-refractivity contribution in [3.8, 4) is 5.75 Å². The van der Waals surface area contributed by atoms with Crippen LogP contribution in [0.25, 0.3) is 0 Å². The van der Waals surface area contributed by atoms with Crippen LogP contribution in [-0.4, -0.2) is 56.0 Å². The maximum Gasteiger partial charge on any atom is 0.308 e. The van der Waals surface area contributed by atoms with Gasteiger partial charge in [0.25, 0.3) is 5.91 Å². The molecule has 3 rings (SSSR count). The van der Waals surface area contributed by atoms with Gasteiger partial charge in [0.2, 0.25) is 0 Å². The number of ether oxygens (including phenoxy) is 2. The normalized spacial score (nSPS) is 18.4. The van der Waals surface area contributed by atoms with Crippen LogP contribution >= 0.6 is 11.8 Å². The number of amides is 1. The summed E-state index contributed by atoms with van der Waals surface area (Å²) in [6, 6.07) is 14.6. The van der Waals surface area contributed by atoms with Gasteiger partial charge in [0.1, 0.15) is 5.75 Å². The minimum atomic E-state index is -0.989. The lowest BCUT2D eigenvalue weighted by molar-refractivity contribution is -0.152. The van der Waals surface area contributed by atoms with E-state index in [0.717, 1.165) is 16.1 Å². The molecule has 1 aliphatic rings. The Kier molecular flexibility index (Phi) is 7.35. The number of esters is 2. The third-order valence-electron chi connectivity index (χ3n) is 4.73. The van der Waals surface area contributed by atoms with Gasteiger partial charge in [-0.3, -0.25) is 14.4 Å². The van der Waals surface area contributed by atoms with Gasteiger partial charge < -0.3 is 19.3 Å². The van der Waals surface area contributed by atoms with Gasteiger partial charge in [-0.15, -0.1) is 11.8 Å². The van der Waals surface area contributed by atoms with Gasteiger partial charge in [0.15, 0.2) is 6.10 Å². The molecule has 7 nitrogen and oxygen atoms in total. The Morgan fingerprint density at radius 2 is 1.71 bits per heavy atom. The summed E-state index contributed by atoms with van der Waals surface area (Å²) in [4.78, 5) is 41.3. The number of anilines is 1. The number of carbonyl (C=O) groups excluding carboxylic acids is 3. The summed E-state index contributed by atoms with van der Waals surface area (Å²) in [6.07, 6.45) is -0.989. The lowest BCUT2D eigenvalue weighted by atomic mass is 10.1. The largest absolute Gasteiger partial charge is 0.451 e. The summed E-state index contributed by atoms with van der Waals surface area (Å²) in [6.45, 7) is 3.78. The van der Waals surface area contributed by atoms with Crippen molar-refractivity contribution in [1.82, 2.24) is 4.90 Å². The summed E-state index contributed by atoms with van der Waals surface area (Å²) in [5.41, 5.74) is 1.60. The van der Waals surface area contributed by atoms with E-state index >= 15 is 0 Å². The van der Waals surface area contributed by atoms with E-state index in [-0.39, 0.29) is 5.91 Å². The number of fused-ring (bicyclic) bond motifs is 1. The molecule has 2 atom stereocenters. The number of hydrogen-bond acceptors (Lipinski definition) is 7. The molecule has 0 aromatic heterocycles. The Bertz CT molecular complexity index is 961.